The summed E-state index contributed by atoms with van der Waals surface area (Å²) in [6, 6.07) is 10.3. The summed E-state index contributed by atoms with van der Waals surface area (Å²) >= 11 is 0. The number of nitrogens with zero attached hydrogens (tertiary/aromatic N) is 3. The van der Waals surface area contributed by atoms with Crippen molar-refractivity contribution >= 4 is 28.8 Å². The van der Waals surface area contributed by atoms with E-state index in [4.69, 9.17) is 4.74 Å². The maximum Gasteiger partial charge on any atom is 0.230 e. The number of pyridine rings is 1. The second-order valence-corrected chi connectivity index (χ2v) is 9.46. The van der Waals surface area contributed by atoms with Gasteiger partial charge in [-0.25, -0.2) is 4.98 Å². The van der Waals surface area contributed by atoms with Crippen LogP contribution in [0.25, 0.3) is 0 Å². The SMILES string of the molecule is O=C([C@@H]1CCC[C@H](CCCO)C1)N1Cc2cccnc2Nc2ccc(N3CCOCC3)cc21. The van der Waals surface area contributed by atoms with Crippen LogP contribution in [-0.2, 0) is 16.1 Å². The number of fused-ring (bicyclic) bond motifs is 2. The van der Waals surface area contributed by atoms with Crippen LogP contribution in [0.15, 0.2) is 36.5 Å². The molecular formula is C26H34N4O3. The van der Waals surface area contributed by atoms with Crippen LogP contribution in [0.5, 0.6) is 0 Å². The van der Waals surface area contributed by atoms with Crippen molar-refractivity contribution in [2.45, 2.75) is 45.1 Å². The molecule has 3 heterocycles. The van der Waals surface area contributed by atoms with Crippen molar-refractivity contribution in [1.29, 1.82) is 0 Å². The highest BCUT2D eigenvalue weighted by Gasteiger charge is 2.33. The van der Waals surface area contributed by atoms with Crippen LogP contribution in [0.4, 0.5) is 22.9 Å². The Morgan fingerprint density at radius 2 is 2.09 bits per heavy atom. The zero-order chi connectivity index (χ0) is 22.6. The molecule has 1 aliphatic carbocycles. The van der Waals surface area contributed by atoms with E-state index in [2.05, 4.69) is 39.5 Å². The summed E-state index contributed by atoms with van der Waals surface area (Å²) in [4.78, 5) is 22.8. The van der Waals surface area contributed by atoms with E-state index in [1.54, 1.807) is 6.20 Å². The number of benzene rings is 1. The fraction of sp³-hybridized carbons (Fsp3) is 0.538. The summed E-state index contributed by atoms with van der Waals surface area (Å²) < 4.78 is 5.53. The summed E-state index contributed by atoms with van der Waals surface area (Å²) in [5.74, 6) is 1.58. The monoisotopic (exact) mass is 450 g/mol. The van der Waals surface area contributed by atoms with Crippen molar-refractivity contribution in [3.05, 3.63) is 42.1 Å². The third-order valence-electron chi connectivity index (χ3n) is 7.29. The molecule has 2 fully saturated rings. The van der Waals surface area contributed by atoms with Gasteiger partial charge >= 0.3 is 0 Å². The number of hydrogen-bond acceptors (Lipinski definition) is 6. The topological polar surface area (TPSA) is 77.9 Å². The number of rotatable bonds is 5. The van der Waals surface area contributed by atoms with Crippen LogP contribution in [0.1, 0.15) is 44.1 Å². The third-order valence-corrected chi connectivity index (χ3v) is 7.29. The molecule has 2 aliphatic heterocycles. The number of anilines is 4. The van der Waals surface area contributed by atoms with Gasteiger partial charge in [0.05, 0.1) is 31.1 Å². The Labute approximate surface area is 195 Å². The van der Waals surface area contributed by atoms with Gasteiger partial charge in [0.15, 0.2) is 0 Å². The van der Waals surface area contributed by atoms with Crippen LogP contribution in [0, 0.1) is 11.8 Å². The number of carbonyl (C=O) groups is 1. The maximum atomic E-state index is 14.0. The Balaban J connectivity index is 1.46. The van der Waals surface area contributed by atoms with Crippen molar-refractivity contribution < 1.29 is 14.6 Å². The van der Waals surface area contributed by atoms with Crippen LogP contribution < -0.4 is 15.1 Å². The van der Waals surface area contributed by atoms with Gasteiger partial charge in [0.25, 0.3) is 0 Å². The fourth-order valence-electron chi connectivity index (χ4n) is 5.50. The van der Waals surface area contributed by atoms with Gasteiger partial charge in [-0.1, -0.05) is 18.9 Å². The van der Waals surface area contributed by atoms with E-state index in [0.29, 0.717) is 12.5 Å². The molecule has 176 valence electrons. The van der Waals surface area contributed by atoms with E-state index >= 15 is 0 Å². The lowest BCUT2D eigenvalue weighted by Crippen LogP contribution is -2.38. The molecule has 1 saturated heterocycles. The minimum absolute atomic E-state index is 0.0283. The van der Waals surface area contributed by atoms with Crippen molar-refractivity contribution in [3.8, 4) is 0 Å². The number of morpholine rings is 1. The molecule has 1 aromatic heterocycles. The van der Waals surface area contributed by atoms with Crippen LogP contribution in [0.3, 0.4) is 0 Å². The highest BCUT2D eigenvalue weighted by Crippen LogP contribution is 2.40. The Morgan fingerprint density at radius 3 is 2.94 bits per heavy atom. The van der Waals surface area contributed by atoms with Crippen molar-refractivity contribution in [2.24, 2.45) is 11.8 Å². The lowest BCUT2D eigenvalue weighted by atomic mass is 9.78. The molecule has 33 heavy (non-hydrogen) atoms. The van der Waals surface area contributed by atoms with Crippen molar-refractivity contribution in [2.75, 3.05) is 48.0 Å². The van der Waals surface area contributed by atoms with Gasteiger partial charge < -0.3 is 25.0 Å². The van der Waals surface area contributed by atoms with Gasteiger partial charge in [-0.3, -0.25) is 4.79 Å². The molecule has 1 aromatic carbocycles. The van der Waals surface area contributed by atoms with E-state index in [0.717, 1.165) is 93.3 Å². The first kappa shape index (κ1) is 22.2. The molecule has 0 radical (unpaired) electrons. The van der Waals surface area contributed by atoms with Crippen LogP contribution >= 0.6 is 0 Å². The summed E-state index contributed by atoms with van der Waals surface area (Å²) in [7, 11) is 0. The Kier molecular flexibility index (Phi) is 6.78. The number of aliphatic hydroxyl groups is 1. The Morgan fingerprint density at radius 1 is 1.21 bits per heavy atom. The second kappa shape index (κ2) is 10.1. The predicted molar refractivity (Wildman–Crippen MR) is 130 cm³/mol. The number of ether oxygens (including phenoxy) is 1. The van der Waals surface area contributed by atoms with Gasteiger partial charge in [-0.05, 0) is 55.9 Å². The summed E-state index contributed by atoms with van der Waals surface area (Å²) in [6.07, 6.45) is 7.72. The van der Waals surface area contributed by atoms with Crippen LogP contribution in [0.2, 0.25) is 0 Å². The van der Waals surface area contributed by atoms with E-state index in [1.807, 2.05) is 11.0 Å². The van der Waals surface area contributed by atoms with Gasteiger partial charge in [0.1, 0.15) is 5.82 Å². The zero-order valence-corrected chi connectivity index (χ0v) is 19.2. The van der Waals surface area contributed by atoms with Gasteiger partial charge in [-0.15, -0.1) is 0 Å². The van der Waals surface area contributed by atoms with Gasteiger partial charge in [-0.2, -0.15) is 0 Å². The molecule has 2 atom stereocenters. The smallest absolute Gasteiger partial charge is 0.230 e. The summed E-state index contributed by atoms with van der Waals surface area (Å²) in [6.45, 7) is 3.92. The number of carbonyl (C=O) groups excluding carboxylic acids is 1. The molecule has 2 aromatic rings. The fourth-order valence-corrected chi connectivity index (χ4v) is 5.50. The molecule has 7 nitrogen and oxygen atoms in total. The van der Waals surface area contributed by atoms with Gasteiger partial charge in [0.2, 0.25) is 5.91 Å². The average molecular weight is 451 g/mol. The van der Waals surface area contributed by atoms with E-state index in [9.17, 15) is 9.90 Å². The van der Waals surface area contributed by atoms with E-state index in [1.165, 1.54) is 0 Å². The largest absolute Gasteiger partial charge is 0.396 e. The lowest BCUT2D eigenvalue weighted by molar-refractivity contribution is -0.124. The first-order valence-electron chi connectivity index (χ1n) is 12.3. The van der Waals surface area contributed by atoms with Crippen LogP contribution in [-0.4, -0.2) is 48.9 Å². The summed E-state index contributed by atoms with van der Waals surface area (Å²) in [5.41, 5.74) is 4.01. The molecule has 1 saturated carbocycles. The first-order valence-corrected chi connectivity index (χ1v) is 12.3. The minimum atomic E-state index is 0.0283. The Hall–Kier alpha value is -2.64. The third kappa shape index (κ3) is 4.84. The number of aromatic nitrogens is 1. The molecule has 0 bridgehead atoms. The molecular weight excluding hydrogens is 416 g/mol. The summed E-state index contributed by atoms with van der Waals surface area (Å²) in [5, 5.41) is 12.7. The number of hydrogen-bond donors (Lipinski definition) is 2. The molecule has 5 rings (SSSR count). The van der Waals surface area contributed by atoms with Crippen molar-refractivity contribution in [1.82, 2.24) is 4.98 Å². The minimum Gasteiger partial charge on any atom is -0.396 e. The van der Waals surface area contributed by atoms with E-state index < -0.39 is 0 Å². The number of amides is 1. The average Bonchev–Trinajstić information content (AvgIpc) is 3.04. The lowest BCUT2D eigenvalue weighted by Gasteiger charge is -2.34. The standard InChI is InChI=1S/C26H34N4O3/c31-13-3-5-19-4-1-6-20(16-19)26(32)30-18-21-7-2-10-27-25(21)28-23-9-8-22(17-24(23)30)29-11-14-33-15-12-29/h2,7-10,17,19-20,31H,1,3-6,11-16,18H2,(H,27,28)/t19-,20-/m1/s1. The normalized spacial score (nSPS) is 22.7. The molecule has 1 amide bonds. The first-order chi connectivity index (χ1) is 16.2. The van der Waals surface area contributed by atoms with E-state index in [-0.39, 0.29) is 18.4 Å². The number of nitrogens with one attached hydrogen (secondary N) is 1. The van der Waals surface area contributed by atoms with Gasteiger partial charge in [0, 0.05) is 43.1 Å². The van der Waals surface area contributed by atoms with Crippen molar-refractivity contribution in [3.63, 3.8) is 0 Å². The maximum absolute atomic E-state index is 14.0. The highest BCUT2D eigenvalue weighted by atomic mass is 16.5. The molecule has 2 N–H and O–H groups in total. The zero-order valence-electron chi connectivity index (χ0n) is 19.2. The predicted octanol–water partition coefficient (Wildman–Crippen LogP) is 4.09. The molecule has 3 aliphatic rings. The highest BCUT2D eigenvalue weighted by molar-refractivity contribution is 6.00. The second-order valence-electron chi connectivity index (χ2n) is 9.46. The molecule has 0 unspecified atom stereocenters. The quantitative estimate of drug-likeness (QED) is 0.715. The molecule has 7 heteroatoms. The number of aliphatic hydroxyl groups excluding tert-OH is 1. The Bertz CT molecular complexity index is 976. The molecule has 0 spiro atoms.